The lowest BCUT2D eigenvalue weighted by Gasteiger charge is -2.15. The number of pyridine rings is 1. The van der Waals surface area contributed by atoms with Crippen LogP contribution in [0.25, 0.3) is 5.82 Å². The highest BCUT2D eigenvalue weighted by molar-refractivity contribution is 6.09. The zero-order valence-corrected chi connectivity index (χ0v) is 17.2. The predicted molar refractivity (Wildman–Crippen MR) is 113 cm³/mol. The molecule has 2 amide bonds. The van der Waals surface area contributed by atoms with E-state index in [2.05, 4.69) is 20.7 Å². The molecule has 0 aliphatic heterocycles. The summed E-state index contributed by atoms with van der Waals surface area (Å²) in [4.78, 5) is 30.1. The smallest absolute Gasteiger partial charge is 0.274 e. The van der Waals surface area contributed by atoms with Crippen LogP contribution in [0.1, 0.15) is 43.2 Å². The summed E-state index contributed by atoms with van der Waals surface area (Å²) in [6.45, 7) is 5.11. The Morgan fingerprint density at radius 3 is 2.55 bits per heavy atom. The Morgan fingerprint density at radius 1 is 1.10 bits per heavy atom. The molecule has 31 heavy (non-hydrogen) atoms. The van der Waals surface area contributed by atoms with E-state index in [1.807, 2.05) is 25.1 Å². The average Bonchev–Trinajstić information content (AvgIpc) is 3.14. The van der Waals surface area contributed by atoms with Crippen LogP contribution in [0.4, 0.5) is 5.69 Å². The van der Waals surface area contributed by atoms with Crippen LogP contribution in [-0.2, 0) is 0 Å². The summed E-state index contributed by atoms with van der Waals surface area (Å²) >= 11 is 0. The van der Waals surface area contributed by atoms with E-state index in [9.17, 15) is 14.9 Å². The fraction of sp³-hybridized carbons (Fsp3) is 0.182. The summed E-state index contributed by atoms with van der Waals surface area (Å²) in [7, 11) is 0. The molecule has 0 fully saturated rings. The van der Waals surface area contributed by atoms with Crippen LogP contribution < -0.4 is 10.6 Å². The number of rotatable bonds is 5. The van der Waals surface area contributed by atoms with Crippen molar-refractivity contribution in [1.29, 1.82) is 10.5 Å². The van der Waals surface area contributed by atoms with Gasteiger partial charge in [-0.05, 0) is 56.2 Å². The van der Waals surface area contributed by atoms with Gasteiger partial charge in [0.15, 0.2) is 5.82 Å². The van der Waals surface area contributed by atoms with E-state index >= 15 is 0 Å². The van der Waals surface area contributed by atoms with Gasteiger partial charge < -0.3 is 10.6 Å². The molecule has 2 heterocycles. The Balaban J connectivity index is 2.04. The second-order valence-corrected chi connectivity index (χ2v) is 6.85. The normalized spacial score (nSPS) is 10.1. The first-order valence-electron chi connectivity index (χ1n) is 9.35. The Labute approximate surface area is 178 Å². The molecule has 0 bridgehead atoms. The average molecular weight is 413 g/mol. The van der Waals surface area contributed by atoms with Gasteiger partial charge in [0.2, 0.25) is 0 Å². The van der Waals surface area contributed by atoms with Gasteiger partial charge in [-0.25, -0.2) is 9.67 Å². The molecule has 0 saturated heterocycles. The number of nitrogens with one attached hydrogen (secondary N) is 2. The third-order valence-electron chi connectivity index (χ3n) is 4.52. The number of carbonyl (C=O) groups is 2. The van der Waals surface area contributed by atoms with Gasteiger partial charge in [0.25, 0.3) is 11.8 Å². The summed E-state index contributed by atoms with van der Waals surface area (Å²) in [5.41, 5.74) is 2.85. The number of hydrogen-bond donors (Lipinski definition) is 2. The number of hydrogen-bond acceptors (Lipinski definition) is 6. The molecule has 2 N–H and O–H groups in total. The quantitative estimate of drug-likeness (QED) is 0.617. The van der Waals surface area contributed by atoms with E-state index in [-0.39, 0.29) is 29.1 Å². The molecule has 3 rings (SSSR count). The van der Waals surface area contributed by atoms with Crippen LogP contribution in [0.2, 0.25) is 0 Å². The zero-order chi connectivity index (χ0) is 22.5. The Kier molecular flexibility index (Phi) is 6.08. The van der Waals surface area contributed by atoms with Crippen LogP contribution in [0.3, 0.4) is 0 Å². The minimum absolute atomic E-state index is 0.0944. The fourth-order valence-electron chi connectivity index (χ4n) is 3.11. The van der Waals surface area contributed by atoms with Crippen molar-refractivity contribution in [3.63, 3.8) is 0 Å². The summed E-state index contributed by atoms with van der Waals surface area (Å²) in [5, 5.41) is 27.6. The third kappa shape index (κ3) is 4.41. The zero-order valence-electron chi connectivity index (χ0n) is 17.2. The van der Waals surface area contributed by atoms with Crippen molar-refractivity contribution >= 4 is 17.5 Å². The Bertz CT molecular complexity index is 1260. The maximum atomic E-state index is 13.2. The van der Waals surface area contributed by atoms with Gasteiger partial charge in [-0.3, -0.25) is 9.59 Å². The predicted octanol–water partition coefficient (Wildman–Crippen LogP) is 2.57. The van der Waals surface area contributed by atoms with Crippen LogP contribution >= 0.6 is 0 Å². The molecule has 154 valence electrons. The lowest BCUT2D eigenvalue weighted by atomic mass is 10.0. The summed E-state index contributed by atoms with van der Waals surface area (Å²) in [5.74, 6) is -0.542. The maximum Gasteiger partial charge on any atom is 0.274 e. The van der Waals surface area contributed by atoms with Crippen molar-refractivity contribution < 1.29 is 9.59 Å². The van der Waals surface area contributed by atoms with Gasteiger partial charge >= 0.3 is 0 Å². The van der Waals surface area contributed by atoms with Crippen LogP contribution in [0.5, 0.6) is 0 Å². The Hall–Kier alpha value is -4.50. The summed E-state index contributed by atoms with van der Waals surface area (Å²) in [6, 6.07) is 12.0. The first kappa shape index (κ1) is 21.2. The van der Waals surface area contributed by atoms with Crippen molar-refractivity contribution in [3.8, 4) is 18.0 Å². The first-order chi connectivity index (χ1) is 14.8. The number of aromatic nitrogens is 3. The van der Waals surface area contributed by atoms with E-state index in [1.54, 1.807) is 38.2 Å². The lowest BCUT2D eigenvalue weighted by Crippen LogP contribution is -2.26. The van der Waals surface area contributed by atoms with Gasteiger partial charge in [-0.15, -0.1) is 0 Å². The van der Waals surface area contributed by atoms with Gasteiger partial charge in [0, 0.05) is 6.20 Å². The highest BCUT2D eigenvalue weighted by Gasteiger charge is 2.22. The minimum Gasteiger partial charge on any atom is -0.339 e. The van der Waals surface area contributed by atoms with E-state index in [1.165, 1.54) is 10.7 Å². The third-order valence-corrected chi connectivity index (χ3v) is 4.52. The molecule has 0 aliphatic rings. The SMILES string of the molecule is Cc1cc(C(=O)Nc2c(C)cc(C#N)cc2C(=O)NCC#N)n(-c2ncccc2C)n1. The highest BCUT2D eigenvalue weighted by atomic mass is 16.2. The van der Waals surface area contributed by atoms with Crippen molar-refractivity contribution in [3.05, 3.63) is 70.2 Å². The number of nitrogens with zero attached hydrogens (tertiary/aromatic N) is 5. The molecule has 0 spiro atoms. The lowest BCUT2D eigenvalue weighted by molar-refractivity contribution is 0.0959. The van der Waals surface area contributed by atoms with Crippen molar-refractivity contribution in [2.75, 3.05) is 11.9 Å². The van der Waals surface area contributed by atoms with Gasteiger partial charge in [0.1, 0.15) is 12.2 Å². The molecule has 0 aliphatic carbocycles. The van der Waals surface area contributed by atoms with Crippen molar-refractivity contribution in [1.82, 2.24) is 20.1 Å². The van der Waals surface area contributed by atoms with Crippen LogP contribution in [0.15, 0.2) is 36.5 Å². The molecule has 0 saturated carbocycles. The molecular formula is C22H19N7O2. The molecule has 2 aromatic heterocycles. The monoisotopic (exact) mass is 413 g/mol. The maximum absolute atomic E-state index is 13.2. The van der Waals surface area contributed by atoms with Crippen LogP contribution in [-0.4, -0.2) is 33.1 Å². The Morgan fingerprint density at radius 2 is 1.87 bits per heavy atom. The molecule has 0 atom stereocenters. The number of amides is 2. The second kappa shape index (κ2) is 8.89. The fourth-order valence-corrected chi connectivity index (χ4v) is 3.11. The molecule has 0 radical (unpaired) electrons. The summed E-state index contributed by atoms with van der Waals surface area (Å²) < 4.78 is 1.45. The molecular weight excluding hydrogens is 394 g/mol. The number of aryl methyl sites for hydroxylation is 3. The minimum atomic E-state index is -0.567. The first-order valence-corrected chi connectivity index (χ1v) is 9.35. The van der Waals surface area contributed by atoms with Gasteiger partial charge in [-0.2, -0.15) is 15.6 Å². The molecule has 9 heteroatoms. The molecule has 3 aromatic rings. The number of benzene rings is 1. The number of carbonyl (C=O) groups excluding carboxylic acids is 2. The van der Waals surface area contributed by atoms with E-state index < -0.39 is 11.8 Å². The van der Waals surface area contributed by atoms with E-state index in [0.29, 0.717) is 17.1 Å². The molecule has 0 unspecified atom stereocenters. The van der Waals surface area contributed by atoms with E-state index in [0.717, 1.165) is 5.56 Å². The van der Waals surface area contributed by atoms with E-state index in [4.69, 9.17) is 5.26 Å². The largest absolute Gasteiger partial charge is 0.339 e. The number of nitriles is 2. The summed E-state index contributed by atoms with van der Waals surface area (Å²) in [6.07, 6.45) is 1.61. The topological polar surface area (TPSA) is 136 Å². The van der Waals surface area contributed by atoms with Gasteiger partial charge in [-0.1, -0.05) is 6.07 Å². The molecule has 1 aromatic carbocycles. The standard InChI is InChI=1S/C22H19N7O2/c1-13-5-4-7-25-20(13)29-18(10-15(3)28-29)22(31)27-19-14(2)9-16(12-24)11-17(19)21(30)26-8-6-23/h4-5,7,9-11H,8H2,1-3H3,(H,26,30)(H,27,31). The van der Waals surface area contributed by atoms with Crippen molar-refractivity contribution in [2.45, 2.75) is 20.8 Å². The van der Waals surface area contributed by atoms with Crippen LogP contribution in [0, 0.1) is 43.4 Å². The highest BCUT2D eigenvalue weighted by Crippen LogP contribution is 2.24. The van der Waals surface area contributed by atoms with Crippen molar-refractivity contribution in [2.24, 2.45) is 0 Å². The molecule has 9 nitrogen and oxygen atoms in total. The number of anilines is 1. The van der Waals surface area contributed by atoms with Gasteiger partial charge in [0.05, 0.1) is 34.6 Å². The second-order valence-electron chi connectivity index (χ2n) is 6.85.